The molecule has 1 aliphatic carbocycles. The van der Waals surface area contributed by atoms with E-state index in [1.54, 1.807) is 17.0 Å². The number of aryl methyl sites for hydroxylation is 1. The second kappa shape index (κ2) is 8.18. The number of thioether (sulfide) groups is 1. The number of rotatable bonds is 5. The molecular formula is C21H26N4O3S. The third-order valence-electron chi connectivity index (χ3n) is 6.09. The number of benzene rings is 1. The maximum Gasteiger partial charge on any atom is 0.269 e. The molecule has 1 fully saturated rings. The van der Waals surface area contributed by atoms with Gasteiger partial charge in [0.15, 0.2) is 5.16 Å². The third-order valence-corrected chi connectivity index (χ3v) is 7.03. The van der Waals surface area contributed by atoms with E-state index in [1.165, 1.54) is 55.6 Å². The van der Waals surface area contributed by atoms with E-state index in [-0.39, 0.29) is 11.6 Å². The minimum Gasteiger partial charge on any atom is -0.320 e. The molecule has 29 heavy (non-hydrogen) atoms. The number of fused-ring (bicyclic) bond motifs is 1. The highest BCUT2D eigenvalue weighted by molar-refractivity contribution is 7.99. The van der Waals surface area contributed by atoms with Gasteiger partial charge >= 0.3 is 0 Å². The summed E-state index contributed by atoms with van der Waals surface area (Å²) in [6.45, 7) is 4.72. The minimum absolute atomic E-state index is 0.0242. The van der Waals surface area contributed by atoms with Crippen LogP contribution in [0.1, 0.15) is 55.1 Å². The van der Waals surface area contributed by atoms with Gasteiger partial charge in [0.2, 0.25) is 5.91 Å². The number of anilines is 1. The maximum absolute atomic E-state index is 12.9. The summed E-state index contributed by atoms with van der Waals surface area (Å²) >= 11 is 1.51. The number of non-ortho nitro benzene ring substituents is 1. The van der Waals surface area contributed by atoms with E-state index in [1.807, 2.05) is 6.92 Å². The van der Waals surface area contributed by atoms with Crippen molar-refractivity contribution >= 4 is 29.0 Å². The second-order valence-electron chi connectivity index (χ2n) is 7.88. The summed E-state index contributed by atoms with van der Waals surface area (Å²) < 4.78 is 2.34. The lowest BCUT2D eigenvalue weighted by Gasteiger charge is -2.26. The first kappa shape index (κ1) is 19.9. The van der Waals surface area contributed by atoms with E-state index in [0.29, 0.717) is 24.8 Å². The molecule has 0 spiro atoms. The summed E-state index contributed by atoms with van der Waals surface area (Å²) in [5.41, 5.74) is 3.97. The number of imidazole rings is 1. The fraction of sp³-hybridized carbons (Fsp3) is 0.524. The molecular weight excluding hydrogens is 388 g/mol. The van der Waals surface area contributed by atoms with E-state index >= 15 is 0 Å². The smallest absolute Gasteiger partial charge is 0.269 e. The summed E-state index contributed by atoms with van der Waals surface area (Å²) in [6.07, 6.45) is 6.81. The Hall–Kier alpha value is -2.35. The van der Waals surface area contributed by atoms with Crippen LogP contribution in [-0.2, 0) is 11.2 Å². The molecule has 0 radical (unpaired) electrons. The van der Waals surface area contributed by atoms with Gasteiger partial charge in [-0.2, -0.15) is 0 Å². The number of nitrogens with zero attached hydrogens (tertiary/aromatic N) is 4. The SMILES string of the molecule is Cc1nc(SCC(=O)N2CCc3cc([N+](=O)[O-])ccc32)n(C2CCCCC2)c1C. The predicted octanol–water partition coefficient (Wildman–Crippen LogP) is 4.59. The number of nitro groups is 1. The molecule has 4 rings (SSSR count). The quantitative estimate of drug-likeness (QED) is 0.406. The Morgan fingerprint density at radius 2 is 2.03 bits per heavy atom. The molecule has 2 aliphatic rings. The molecule has 2 heterocycles. The van der Waals surface area contributed by atoms with Crippen LogP contribution in [0.4, 0.5) is 11.4 Å². The van der Waals surface area contributed by atoms with Crippen LogP contribution in [0.15, 0.2) is 23.4 Å². The van der Waals surface area contributed by atoms with Gasteiger partial charge < -0.3 is 9.47 Å². The topological polar surface area (TPSA) is 81.3 Å². The number of aromatic nitrogens is 2. The van der Waals surface area contributed by atoms with E-state index < -0.39 is 4.92 Å². The van der Waals surface area contributed by atoms with Gasteiger partial charge in [0, 0.05) is 36.1 Å². The van der Waals surface area contributed by atoms with Crippen molar-refractivity contribution < 1.29 is 9.72 Å². The first-order chi connectivity index (χ1) is 14.0. The van der Waals surface area contributed by atoms with Gasteiger partial charge in [0.1, 0.15) is 0 Å². The normalized spacial score (nSPS) is 16.8. The van der Waals surface area contributed by atoms with Crippen LogP contribution in [0.5, 0.6) is 0 Å². The van der Waals surface area contributed by atoms with Crippen molar-refractivity contribution in [1.82, 2.24) is 9.55 Å². The standard InChI is InChI=1S/C21H26N4O3S/c1-14-15(2)24(17-6-4-3-5-7-17)21(22-14)29-13-20(26)23-11-10-16-12-18(25(27)28)8-9-19(16)23/h8-9,12,17H,3-7,10-11,13H2,1-2H3. The number of hydrogen-bond donors (Lipinski definition) is 0. The lowest BCUT2D eigenvalue weighted by Crippen LogP contribution is -2.30. The summed E-state index contributed by atoms with van der Waals surface area (Å²) in [7, 11) is 0. The van der Waals surface area contributed by atoms with Crippen molar-refractivity contribution in [2.45, 2.75) is 63.6 Å². The van der Waals surface area contributed by atoms with Gasteiger partial charge in [-0.3, -0.25) is 14.9 Å². The maximum atomic E-state index is 12.9. The minimum atomic E-state index is -0.392. The Labute approximate surface area is 174 Å². The van der Waals surface area contributed by atoms with Crippen LogP contribution in [0.3, 0.4) is 0 Å². The highest BCUT2D eigenvalue weighted by Crippen LogP contribution is 2.35. The van der Waals surface area contributed by atoms with Crippen LogP contribution in [0, 0.1) is 24.0 Å². The number of carbonyl (C=O) groups is 1. The van der Waals surface area contributed by atoms with Crippen LogP contribution < -0.4 is 4.90 Å². The van der Waals surface area contributed by atoms with Crippen LogP contribution in [-0.4, -0.2) is 32.7 Å². The molecule has 1 aromatic carbocycles. The van der Waals surface area contributed by atoms with Crippen molar-refractivity contribution in [2.24, 2.45) is 0 Å². The van der Waals surface area contributed by atoms with Crippen molar-refractivity contribution in [3.05, 3.63) is 45.3 Å². The summed E-state index contributed by atoms with van der Waals surface area (Å²) in [4.78, 5) is 30.0. The van der Waals surface area contributed by atoms with Gasteiger partial charge in [0.25, 0.3) is 5.69 Å². The lowest BCUT2D eigenvalue weighted by atomic mass is 9.95. The molecule has 8 heteroatoms. The van der Waals surface area contributed by atoms with Gasteiger partial charge in [-0.25, -0.2) is 4.98 Å². The molecule has 0 bridgehead atoms. The molecule has 1 amide bonds. The average Bonchev–Trinajstić information content (AvgIpc) is 3.27. The summed E-state index contributed by atoms with van der Waals surface area (Å²) in [5.74, 6) is 0.343. The third kappa shape index (κ3) is 3.90. The first-order valence-corrected chi connectivity index (χ1v) is 11.2. The zero-order valence-corrected chi connectivity index (χ0v) is 17.7. The molecule has 1 aliphatic heterocycles. The van der Waals surface area contributed by atoms with E-state index in [4.69, 9.17) is 4.98 Å². The van der Waals surface area contributed by atoms with Gasteiger partial charge in [-0.1, -0.05) is 31.0 Å². The van der Waals surface area contributed by atoms with E-state index in [2.05, 4.69) is 11.5 Å². The second-order valence-corrected chi connectivity index (χ2v) is 8.82. The predicted molar refractivity (Wildman–Crippen MR) is 114 cm³/mol. The first-order valence-electron chi connectivity index (χ1n) is 10.2. The van der Waals surface area contributed by atoms with E-state index in [0.717, 1.165) is 22.1 Å². The molecule has 1 saturated carbocycles. The van der Waals surface area contributed by atoms with Crippen molar-refractivity contribution in [2.75, 3.05) is 17.2 Å². The Morgan fingerprint density at radius 1 is 1.28 bits per heavy atom. The van der Waals surface area contributed by atoms with Crippen LogP contribution in [0.25, 0.3) is 0 Å². The molecule has 2 aromatic rings. The number of nitro benzene ring substituents is 1. The molecule has 0 unspecified atom stereocenters. The van der Waals surface area contributed by atoms with Gasteiger partial charge in [0.05, 0.1) is 16.4 Å². The largest absolute Gasteiger partial charge is 0.320 e. The Kier molecular flexibility index (Phi) is 5.63. The van der Waals surface area contributed by atoms with E-state index in [9.17, 15) is 14.9 Å². The zero-order valence-electron chi connectivity index (χ0n) is 16.9. The van der Waals surface area contributed by atoms with Crippen LogP contribution in [0.2, 0.25) is 0 Å². The number of hydrogen-bond acceptors (Lipinski definition) is 5. The lowest BCUT2D eigenvalue weighted by molar-refractivity contribution is -0.384. The Bertz CT molecular complexity index is 950. The van der Waals surface area contributed by atoms with Crippen molar-refractivity contribution in [3.8, 4) is 0 Å². The average molecular weight is 415 g/mol. The van der Waals surface area contributed by atoms with Crippen molar-refractivity contribution in [3.63, 3.8) is 0 Å². The molecule has 0 saturated heterocycles. The molecule has 0 atom stereocenters. The molecule has 7 nitrogen and oxygen atoms in total. The van der Waals surface area contributed by atoms with Crippen molar-refractivity contribution in [1.29, 1.82) is 0 Å². The zero-order chi connectivity index (χ0) is 20.5. The molecule has 1 aromatic heterocycles. The fourth-order valence-corrected chi connectivity index (χ4v) is 5.47. The number of carbonyl (C=O) groups excluding carboxylic acids is 1. The fourth-order valence-electron chi connectivity index (χ4n) is 4.43. The monoisotopic (exact) mass is 414 g/mol. The number of amides is 1. The Morgan fingerprint density at radius 3 is 2.76 bits per heavy atom. The summed E-state index contributed by atoms with van der Waals surface area (Å²) in [5, 5.41) is 11.9. The highest BCUT2D eigenvalue weighted by atomic mass is 32.2. The molecule has 154 valence electrons. The van der Waals surface area contributed by atoms with Gasteiger partial charge in [-0.05, 0) is 44.7 Å². The van der Waals surface area contributed by atoms with Gasteiger partial charge in [-0.15, -0.1) is 0 Å². The molecule has 0 N–H and O–H groups in total. The summed E-state index contributed by atoms with van der Waals surface area (Å²) in [6, 6.07) is 5.23. The van der Waals surface area contributed by atoms with Crippen LogP contribution >= 0.6 is 11.8 Å². The highest BCUT2D eigenvalue weighted by Gasteiger charge is 2.28. The Balaban J connectivity index is 1.48.